The van der Waals surface area contributed by atoms with E-state index < -0.39 is 17.5 Å². The van der Waals surface area contributed by atoms with E-state index in [1.54, 1.807) is 12.3 Å². The number of halogens is 2. The van der Waals surface area contributed by atoms with Crippen molar-refractivity contribution in [3.05, 3.63) is 66.0 Å². The van der Waals surface area contributed by atoms with Gasteiger partial charge in [0.25, 0.3) is 0 Å². The molecule has 2 aromatic carbocycles. The largest absolute Gasteiger partial charge is 0.609 e. The van der Waals surface area contributed by atoms with Crippen LogP contribution < -0.4 is 18.9 Å². The first-order chi connectivity index (χ1) is 15.9. The average Bonchev–Trinajstić information content (AvgIpc) is 3.34. The second kappa shape index (κ2) is 8.41. The van der Waals surface area contributed by atoms with Crippen molar-refractivity contribution in [2.75, 3.05) is 7.11 Å². The van der Waals surface area contributed by atoms with Crippen molar-refractivity contribution in [3.8, 4) is 23.0 Å². The number of hydrogen-bond acceptors (Lipinski definition) is 7. The van der Waals surface area contributed by atoms with Crippen LogP contribution >= 0.6 is 0 Å². The summed E-state index contributed by atoms with van der Waals surface area (Å²) in [4.78, 5) is 11.5. The fourth-order valence-electron chi connectivity index (χ4n) is 3.35. The molecular formula is C22H17F2N3O5S. The molecule has 1 N–H and O–H groups in total. The van der Waals surface area contributed by atoms with Gasteiger partial charge in [-0.3, -0.25) is 9.97 Å². The number of methoxy groups -OCH3 is 1. The van der Waals surface area contributed by atoms with E-state index in [-0.39, 0.29) is 29.0 Å². The third-order valence-electron chi connectivity index (χ3n) is 4.85. The Bertz CT molecular complexity index is 1260. The molecule has 1 atom stereocenters. The van der Waals surface area contributed by atoms with Gasteiger partial charge in [-0.25, -0.2) is 0 Å². The Balaban J connectivity index is 1.38. The maximum atomic E-state index is 13.3. The molecule has 0 saturated carbocycles. The minimum absolute atomic E-state index is 0.00801. The summed E-state index contributed by atoms with van der Waals surface area (Å²) in [6, 6.07) is 13.9. The summed E-state index contributed by atoms with van der Waals surface area (Å²) in [5, 5.41) is 0.152. The standard InChI is InChI=1S/C22H17F2N3O5S/c1-29-17-7-8-25-16(20(17)30-11-13-5-3-2-4-6-13)12-33(28)21-26-14-9-18-19(10-15(14)27-21)32-22(23,24)31-18/h2-10H,11-12H2,1H3,(H,26,27). The molecule has 0 bridgehead atoms. The summed E-state index contributed by atoms with van der Waals surface area (Å²) >= 11 is -1.64. The van der Waals surface area contributed by atoms with Crippen molar-refractivity contribution < 1.29 is 32.3 Å². The van der Waals surface area contributed by atoms with Crippen LogP contribution in [-0.4, -0.2) is 32.9 Å². The number of aromatic nitrogens is 3. The predicted molar refractivity (Wildman–Crippen MR) is 114 cm³/mol. The molecule has 11 heteroatoms. The Hall–Kier alpha value is -3.57. The van der Waals surface area contributed by atoms with Crippen molar-refractivity contribution in [1.29, 1.82) is 0 Å². The zero-order valence-corrected chi connectivity index (χ0v) is 18.0. The number of imidazole rings is 1. The van der Waals surface area contributed by atoms with Gasteiger partial charge in [0.1, 0.15) is 12.3 Å². The summed E-state index contributed by atoms with van der Waals surface area (Å²) in [6.45, 7) is 0.281. The number of nitrogens with one attached hydrogen (secondary N) is 1. The van der Waals surface area contributed by atoms with Gasteiger partial charge in [0.05, 0.1) is 18.1 Å². The van der Waals surface area contributed by atoms with E-state index in [0.717, 1.165) is 5.56 Å². The van der Waals surface area contributed by atoms with Gasteiger partial charge in [-0.15, -0.1) is 8.78 Å². The monoisotopic (exact) mass is 473 g/mol. The fraction of sp³-hybridized carbons (Fsp3) is 0.182. The number of H-pyrrole nitrogens is 1. The van der Waals surface area contributed by atoms with Crippen LogP contribution in [0.2, 0.25) is 0 Å². The molecule has 0 fully saturated rings. The van der Waals surface area contributed by atoms with Gasteiger partial charge in [0.15, 0.2) is 28.8 Å². The van der Waals surface area contributed by atoms with E-state index in [1.807, 2.05) is 30.3 Å². The van der Waals surface area contributed by atoms with Crippen molar-refractivity contribution >= 4 is 22.2 Å². The van der Waals surface area contributed by atoms with Crippen molar-refractivity contribution in [2.24, 2.45) is 0 Å². The highest BCUT2D eigenvalue weighted by Gasteiger charge is 2.43. The highest BCUT2D eigenvalue weighted by Crippen LogP contribution is 2.43. The number of pyridine rings is 1. The van der Waals surface area contributed by atoms with Crippen LogP contribution in [-0.2, 0) is 23.5 Å². The lowest BCUT2D eigenvalue weighted by Gasteiger charge is -2.15. The van der Waals surface area contributed by atoms with Crippen LogP contribution in [0.3, 0.4) is 0 Å². The maximum absolute atomic E-state index is 13.3. The first-order valence-corrected chi connectivity index (χ1v) is 11.1. The summed E-state index contributed by atoms with van der Waals surface area (Å²) in [6.07, 6.45) is -2.18. The van der Waals surface area contributed by atoms with Gasteiger partial charge in [-0.05, 0) is 5.56 Å². The minimum atomic E-state index is -3.72. The van der Waals surface area contributed by atoms with Gasteiger partial charge in [-0.1, -0.05) is 30.3 Å². The molecule has 0 radical (unpaired) electrons. The third kappa shape index (κ3) is 4.37. The van der Waals surface area contributed by atoms with Crippen molar-refractivity contribution in [2.45, 2.75) is 23.8 Å². The van der Waals surface area contributed by atoms with E-state index in [1.165, 1.54) is 19.2 Å². The molecule has 0 spiro atoms. The molecule has 1 aliphatic rings. The van der Waals surface area contributed by atoms with Crippen LogP contribution in [0.4, 0.5) is 8.78 Å². The van der Waals surface area contributed by atoms with Crippen LogP contribution in [0, 0.1) is 0 Å². The molecule has 8 nitrogen and oxygen atoms in total. The molecule has 170 valence electrons. The Labute approximate surface area is 189 Å². The Morgan fingerprint density at radius 3 is 2.64 bits per heavy atom. The number of alkyl halides is 2. The molecular weight excluding hydrogens is 456 g/mol. The minimum Gasteiger partial charge on any atom is -0.609 e. The summed E-state index contributed by atoms with van der Waals surface area (Å²) in [7, 11) is 1.51. The van der Waals surface area contributed by atoms with Gasteiger partial charge in [0, 0.05) is 35.6 Å². The van der Waals surface area contributed by atoms with Crippen molar-refractivity contribution in [1.82, 2.24) is 15.0 Å². The quantitative estimate of drug-likeness (QED) is 0.402. The van der Waals surface area contributed by atoms with Crippen LogP contribution in [0.5, 0.6) is 23.0 Å². The summed E-state index contributed by atoms with van der Waals surface area (Å²) in [5.41, 5.74) is 2.09. The van der Waals surface area contributed by atoms with Gasteiger partial charge in [0.2, 0.25) is 0 Å². The number of aromatic amines is 1. The molecule has 0 saturated heterocycles. The Morgan fingerprint density at radius 1 is 1.12 bits per heavy atom. The zero-order valence-electron chi connectivity index (χ0n) is 17.2. The summed E-state index contributed by atoms with van der Waals surface area (Å²) in [5.74, 6) is 0.578. The lowest BCUT2D eigenvalue weighted by Crippen LogP contribution is -2.25. The van der Waals surface area contributed by atoms with Gasteiger partial charge in [-0.2, -0.15) is 4.98 Å². The Kier molecular flexibility index (Phi) is 5.43. The molecule has 2 aromatic heterocycles. The highest BCUT2D eigenvalue weighted by atomic mass is 32.2. The highest BCUT2D eigenvalue weighted by molar-refractivity contribution is 7.90. The molecule has 3 heterocycles. The van der Waals surface area contributed by atoms with E-state index in [9.17, 15) is 13.3 Å². The first kappa shape index (κ1) is 21.3. The van der Waals surface area contributed by atoms with Gasteiger partial charge < -0.3 is 23.5 Å². The smallest absolute Gasteiger partial charge is 0.586 e. The van der Waals surface area contributed by atoms with Crippen molar-refractivity contribution in [3.63, 3.8) is 0 Å². The Morgan fingerprint density at radius 2 is 1.88 bits per heavy atom. The van der Waals surface area contributed by atoms with Crippen LogP contribution in [0.25, 0.3) is 11.0 Å². The van der Waals surface area contributed by atoms with E-state index >= 15 is 0 Å². The molecule has 1 unspecified atom stereocenters. The second-order valence-corrected chi connectivity index (χ2v) is 8.45. The number of fused-ring (bicyclic) bond motifs is 2. The first-order valence-electron chi connectivity index (χ1n) is 9.78. The van der Waals surface area contributed by atoms with Crippen LogP contribution in [0.1, 0.15) is 11.3 Å². The van der Waals surface area contributed by atoms with Crippen LogP contribution in [0.15, 0.2) is 59.9 Å². The molecule has 5 rings (SSSR count). The normalized spacial score (nSPS) is 14.9. The zero-order chi connectivity index (χ0) is 23.0. The van der Waals surface area contributed by atoms with E-state index in [2.05, 4.69) is 24.4 Å². The molecule has 1 aliphatic heterocycles. The predicted octanol–water partition coefficient (Wildman–Crippen LogP) is 4.17. The van der Waals surface area contributed by atoms with E-state index in [0.29, 0.717) is 28.2 Å². The van der Waals surface area contributed by atoms with Gasteiger partial charge >= 0.3 is 11.5 Å². The lowest BCUT2D eigenvalue weighted by molar-refractivity contribution is -0.286. The lowest BCUT2D eigenvalue weighted by atomic mass is 10.2. The topological polar surface area (TPSA) is 102 Å². The molecule has 0 amide bonds. The molecule has 0 aliphatic carbocycles. The van der Waals surface area contributed by atoms with E-state index in [4.69, 9.17) is 9.47 Å². The number of nitrogens with zero attached hydrogens (tertiary/aromatic N) is 2. The third-order valence-corrected chi connectivity index (χ3v) is 6.02. The number of benzene rings is 2. The fourth-order valence-corrected chi connectivity index (χ4v) is 4.36. The summed E-state index contributed by atoms with van der Waals surface area (Å²) < 4.78 is 59.8. The second-order valence-electron chi connectivity index (χ2n) is 7.08. The number of hydrogen-bond donors (Lipinski definition) is 1. The average molecular weight is 473 g/mol. The maximum Gasteiger partial charge on any atom is 0.586 e. The number of ether oxygens (including phenoxy) is 4. The SMILES string of the molecule is COc1ccnc(C[S+]([O-])c2nc3cc4c(cc3[nH]2)OC(F)(F)O4)c1OCc1ccccc1. The number of rotatable bonds is 7. The molecule has 4 aromatic rings. The molecule has 33 heavy (non-hydrogen) atoms.